The van der Waals surface area contributed by atoms with E-state index in [0.717, 1.165) is 18.4 Å². The van der Waals surface area contributed by atoms with Crippen molar-refractivity contribution >= 4 is 18.2 Å². The number of esters is 1. The Morgan fingerprint density at radius 2 is 1.71 bits per heavy atom. The lowest BCUT2D eigenvalue weighted by Gasteiger charge is -2.42. The number of benzene rings is 1. The summed E-state index contributed by atoms with van der Waals surface area (Å²) in [7, 11) is 0. The van der Waals surface area contributed by atoms with Crippen LogP contribution in [0, 0.1) is 0 Å². The molecule has 150 valence electrons. The largest absolute Gasteiger partial charge is 0.462 e. The fourth-order valence-electron chi connectivity index (χ4n) is 5.29. The highest BCUT2D eigenvalue weighted by Crippen LogP contribution is 2.51. The Balaban J connectivity index is 2.09. The number of rotatable bonds is 8. The van der Waals surface area contributed by atoms with Gasteiger partial charge in [-0.15, -0.1) is 0 Å². The number of ether oxygens (including phenoxy) is 1. The van der Waals surface area contributed by atoms with Crippen LogP contribution in [0.1, 0.15) is 77.2 Å². The summed E-state index contributed by atoms with van der Waals surface area (Å²) in [5.41, 5.74) is 3.25. The predicted octanol–water partition coefficient (Wildman–Crippen LogP) is 6.89. The lowest BCUT2D eigenvalue weighted by Crippen LogP contribution is -2.37. The van der Waals surface area contributed by atoms with Gasteiger partial charge in [0.25, 0.3) is 0 Å². The molecular formula is C25H35BO2. The minimum atomic E-state index is -0.155. The highest BCUT2D eigenvalue weighted by atomic mass is 16.5. The third kappa shape index (κ3) is 4.98. The first-order valence-electron chi connectivity index (χ1n) is 11.4. The fourth-order valence-corrected chi connectivity index (χ4v) is 5.29. The summed E-state index contributed by atoms with van der Waals surface area (Å²) < 4.78 is 5.53. The van der Waals surface area contributed by atoms with E-state index in [2.05, 4.69) is 49.4 Å². The summed E-state index contributed by atoms with van der Waals surface area (Å²) >= 11 is 0. The predicted molar refractivity (Wildman–Crippen MR) is 120 cm³/mol. The fraction of sp³-hybridized carbons (Fsp3) is 0.560. The topological polar surface area (TPSA) is 26.3 Å². The van der Waals surface area contributed by atoms with Gasteiger partial charge in [0.1, 0.15) is 0 Å². The Morgan fingerprint density at radius 1 is 1.07 bits per heavy atom. The molecule has 3 heteroatoms. The van der Waals surface area contributed by atoms with E-state index in [1.165, 1.54) is 56.0 Å². The van der Waals surface area contributed by atoms with Crippen molar-refractivity contribution in [3.05, 3.63) is 53.6 Å². The van der Waals surface area contributed by atoms with E-state index >= 15 is 0 Å². The van der Waals surface area contributed by atoms with Crippen LogP contribution in [0.25, 0.3) is 5.47 Å². The van der Waals surface area contributed by atoms with Crippen molar-refractivity contribution in [3.8, 4) is 0 Å². The zero-order chi connectivity index (χ0) is 19.8. The van der Waals surface area contributed by atoms with Crippen LogP contribution < -0.4 is 0 Å². The maximum atomic E-state index is 13.1. The van der Waals surface area contributed by atoms with Crippen molar-refractivity contribution in [1.82, 2.24) is 0 Å². The summed E-state index contributed by atoms with van der Waals surface area (Å²) in [5, 5.41) is 0. The normalized spacial score (nSPS) is 22.9. The third-order valence-electron chi connectivity index (χ3n) is 6.53. The zero-order valence-corrected chi connectivity index (χ0v) is 17.7. The van der Waals surface area contributed by atoms with Gasteiger partial charge in [0.15, 0.2) is 6.71 Å². The molecule has 2 aliphatic rings. The van der Waals surface area contributed by atoms with Crippen LogP contribution in [0.15, 0.2) is 48.1 Å². The maximum Gasteiger partial charge on any atom is 0.337 e. The monoisotopic (exact) mass is 378 g/mol. The summed E-state index contributed by atoms with van der Waals surface area (Å²) in [6.07, 6.45) is 15.5. The van der Waals surface area contributed by atoms with E-state index in [4.69, 9.17) is 4.74 Å². The number of hydrogen-bond donors (Lipinski definition) is 0. The Labute approximate surface area is 171 Å². The SMILES string of the molecule is CCCC/C=C/C(C(=O)OCC)=C(/B1C2CCCC1CCC2)c1ccccc1. The van der Waals surface area contributed by atoms with E-state index in [1.807, 2.05) is 6.92 Å². The number of carbonyl (C=O) groups excluding carboxylic acids is 1. The van der Waals surface area contributed by atoms with Gasteiger partial charge < -0.3 is 4.74 Å². The van der Waals surface area contributed by atoms with Crippen LogP contribution in [-0.4, -0.2) is 19.3 Å². The average molecular weight is 378 g/mol. The van der Waals surface area contributed by atoms with E-state index < -0.39 is 0 Å². The number of carbonyl (C=O) groups is 1. The maximum absolute atomic E-state index is 13.1. The van der Waals surface area contributed by atoms with Gasteiger partial charge >= 0.3 is 5.97 Å². The van der Waals surface area contributed by atoms with Crippen LogP contribution in [0.4, 0.5) is 0 Å². The molecule has 2 aliphatic heterocycles. The second-order valence-electron chi connectivity index (χ2n) is 8.37. The van der Waals surface area contributed by atoms with Gasteiger partial charge in [-0.3, -0.25) is 0 Å². The van der Waals surface area contributed by atoms with Crippen molar-refractivity contribution in [2.24, 2.45) is 0 Å². The number of unbranched alkanes of at least 4 members (excludes halogenated alkanes) is 2. The van der Waals surface area contributed by atoms with E-state index in [0.29, 0.717) is 25.0 Å². The molecule has 0 saturated carbocycles. The van der Waals surface area contributed by atoms with Crippen LogP contribution in [-0.2, 0) is 9.53 Å². The Hall–Kier alpha value is -1.77. The second-order valence-corrected chi connectivity index (χ2v) is 8.37. The van der Waals surface area contributed by atoms with Gasteiger partial charge in [0, 0.05) is 0 Å². The van der Waals surface area contributed by atoms with Crippen LogP contribution in [0.3, 0.4) is 0 Å². The van der Waals surface area contributed by atoms with Gasteiger partial charge in [0.05, 0.1) is 12.2 Å². The van der Waals surface area contributed by atoms with Crippen LogP contribution >= 0.6 is 0 Å². The van der Waals surface area contributed by atoms with Crippen LogP contribution in [0.5, 0.6) is 0 Å². The third-order valence-corrected chi connectivity index (χ3v) is 6.53. The number of allylic oxidation sites excluding steroid dienone is 1. The van der Waals surface area contributed by atoms with E-state index in [-0.39, 0.29) is 5.97 Å². The highest BCUT2D eigenvalue weighted by Gasteiger charge is 2.43. The van der Waals surface area contributed by atoms with Crippen LogP contribution in [0.2, 0.25) is 11.6 Å². The first-order valence-corrected chi connectivity index (χ1v) is 11.4. The first kappa shape index (κ1) is 21.0. The molecule has 2 nitrogen and oxygen atoms in total. The molecule has 0 aromatic heterocycles. The molecule has 0 radical (unpaired) electrons. The van der Waals surface area contributed by atoms with E-state index in [1.54, 1.807) is 0 Å². The van der Waals surface area contributed by atoms with Gasteiger partial charge in [-0.2, -0.15) is 0 Å². The average Bonchev–Trinajstić information content (AvgIpc) is 2.71. The molecule has 2 fully saturated rings. The lowest BCUT2D eigenvalue weighted by molar-refractivity contribution is -0.138. The number of fused-ring (bicyclic) bond motifs is 2. The van der Waals surface area contributed by atoms with E-state index in [9.17, 15) is 4.79 Å². The van der Waals surface area contributed by atoms with Crippen molar-refractivity contribution in [1.29, 1.82) is 0 Å². The molecule has 0 atom stereocenters. The molecule has 2 heterocycles. The summed E-state index contributed by atoms with van der Waals surface area (Å²) in [6.45, 7) is 5.01. The zero-order valence-electron chi connectivity index (χ0n) is 17.7. The van der Waals surface area contributed by atoms with Crippen molar-refractivity contribution in [3.63, 3.8) is 0 Å². The molecule has 3 rings (SSSR count). The quantitative estimate of drug-likeness (QED) is 0.162. The molecule has 0 unspecified atom stereocenters. The Bertz CT molecular complexity index is 670. The summed E-state index contributed by atoms with van der Waals surface area (Å²) in [4.78, 5) is 13.1. The van der Waals surface area contributed by atoms with Gasteiger partial charge in [-0.05, 0) is 18.9 Å². The van der Waals surface area contributed by atoms with Gasteiger partial charge in [-0.25, -0.2) is 4.79 Å². The molecular weight excluding hydrogens is 343 g/mol. The molecule has 0 N–H and O–H groups in total. The lowest BCUT2D eigenvalue weighted by atomic mass is 9.23. The summed E-state index contributed by atoms with van der Waals surface area (Å²) in [5.74, 6) is 1.25. The Morgan fingerprint density at radius 3 is 2.29 bits per heavy atom. The van der Waals surface area contributed by atoms with Crippen molar-refractivity contribution < 1.29 is 9.53 Å². The molecule has 2 bridgehead atoms. The standard InChI is InChI=1S/C25H35BO2/c1-3-5-6-10-19-23(25(27)28-4-2)24(20-13-8-7-9-14-20)26-21-15-11-16-22(26)18-12-17-21/h7-10,13-14,19,21-22H,3-6,11-12,15-18H2,1-2H3/b19-10+,24-23-. The highest BCUT2D eigenvalue weighted by molar-refractivity contribution is 6.82. The molecule has 1 aromatic carbocycles. The molecule has 28 heavy (non-hydrogen) atoms. The van der Waals surface area contributed by atoms with Gasteiger partial charge in [0.2, 0.25) is 0 Å². The van der Waals surface area contributed by atoms with Crippen molar-refractivity contribution in [2.45, 2.75) is 83.3 Å². The van der Waals surface area contributed by atoms with Gasteiger partial charge in [-0.1, -0.05) is 118 Å². The summed E-state index contributed by atoms with van der Waals surface area (Å²) in [6, 6.07) is 10.6. The molecule has 0 amide bonds. The molecule has 0 aliphatic carbocycles. The first-order chi connectivity index (χ1) is 13.8. The minimum absolute atomic E-state index is 0.155. The van der Waals surface area contributed by atoms with Crippen molar-refractivity contribution in [2.75, 3.05) is 6.61 Å². The number of hydrogen-bond acceptors (Lipinski definition) is 2. The molecule has 0 spiro atoms. The second kappa shape index (κ2) is 10.7. The smallest absolute Gasteiger partial charge is 0.337 e. The molecule has 2 saturated heterocycles. The minimum Gasteiger partial charge on any atom is -0.462 e. The molecule has 1 aromatic rings. The Kier molecular flexibility index (Phi) is 8.00.